The van der Waals surface area contributed by atoms with Crippen molar-refractivity contribution in [3.63, 3.8) is 0 Å². The lowest BCUT2D eigenvalue weighted by Crippen LogP contribution is -2.37. The van der Waals surface area contributed by atoms with E-state index in [9.17, 15) is 9.59 Å². The number of rotatable bonds is 4. The number of imide groups is 1. The molecular weight excluding hydrogens is 460 g/mol. The average molecular weight is 479 g/mol. The van der Waals surface area contributed by atoms with Crippen LogP contribution in [-0.2, 0) is 14.4 Å². The first-order valence-corrected chi connectivity index (χ1v) is 10.7. The second-order valence-electron chi connectivity index (χ2n) is 7.42. The number of benzene rings is 3. The van der Waals surface area contributed by atoms with E-state index in [1.165, 1.54) is 4.90 Å². The highest BCUT2D eigenvalue weighted by Gasteiger charge is 2.60. The average Bonchev–Trinajstić information content (AvgIpc) is 3.31. The lowest BCUT2D eigenvalue weighted by molar-refractivity contribution is -0.126. The summed E-state index contributed by atoms with van der Waals surface area (Å²) in [6.07, 6.45) is -0.886. The molecule has 3 aromatic rings. The molecule has 2 saturated heterocycles. The van der Waals surface area contributed by atoms with Crippen LogP contribution in [0, 0.1) is 5.92 Å². The molecule has 0 aromatic heterocycles. The van der Waals surface area contributed by atoms with Crippen molar-refractivity contribution in [1.82, 2.24) is 0 Å². The van der Waals surface area contributed by atoms with Gasteiger partial charge in [0.2, 0.25) is 5.91 Å². The molecule has 0 radical (unpaired) electrons. The van der Waals surface area contributed by atoms with Crippen molar-refractivity contribution in [2.75, 3.05) is 17.1 Å². The third-order valence-corrected chi connectivity index (χ3v) is 6.20. The minimum Gasteiger partial charge on any atom is -0.497 e. The summed E-state index contributed by atoms with van der Waals surface area (Å²) in [5.41, 5.74) is 2.20. The van der Waals surface area contributed by atoms with Gasteiger partial charge >= 0.3 is 0 Å². The Labute approximate surface area is 188 Å². The number of halogens is 1. The molecule has 6 nitrogen and oxygen atoms in total. The smallest absolute Gasteiger partial charge is 0.266 e. The second kappa shape index (κ2) is 7.83. The number of hydrogen-bond acceptors (Lipinski definition) is 5. The largest absolute Gasteiger partial charge is 0.497 e. The zero-order valence-corrected chi connectivity index (χ0v) is 18.2. The third kappa shape index (κ3) is 3.30. The van der Waals surface area contributed by atoms with E-state index in [0.717, 1.165) is 15.7 Å². The predicted molar refractivity (Wildman–Crippen MR) is 120 cm³/mol. The fourth-order valence-electron chi connectivity index (χ4n) is 4.20. The molecule has 3 atom stereocenters. The summed E-state index contributed by atoms with van der Waals surface area (Å²) in [6.45, 7) is 0. The van der Waals surface area contributed by atoms with Gasteiger partial charge in [0.15, 0.2) is 6.10 Å². The quantitative estimate of drug-likeness (QED) is 0.516. The molecule has 5 rings (SSSR count). The van der Waals surface area contributed by atoms with Crippen LogP contribution in [0.3, 0.4) is 0 Å². The van der Waals surface area contributed by atoms with Crippen LogP contribution >= 0.6 is 15.9 Å². The highest BCUT2D eigenvalue weighted by Crippen LogP contribution is 2.47. The molecule has 2 heterocycles. The number of fused-ring (bicyclic) bond motifs is 1. The number of ether oxygens (including phenoxy) is 1. The van der Waals surface area contributed by atoms with Crippen LogP contribution in [0.25, 0.3) is 0 Å². The van der Waals surface area contributed by atoms with Crippen molar-refractivity contribution in [2.24, 2.45) is 5.92 Å². The van der Waals surface area contributed by atoms with Gasteiger partial charge in [0.1, 0.15) is 11.7 Å². The molecule has 7 heteroatoms. The summed E-state index contributed by atoms with van der Waals surface area (Å²) in [7, 11) is 1.60. The van der Waals surface area contributed by atoms with Gasteiger partial charge in [-0.2, -0.15) is 0 Å². The monoisotopic (exact) mass is 478 g/mol. The number of anilines is 2. The van der Waals surface area contributed by atoms with Gasteiger partial charge in [-0.3, -0.25) is 14.4 Å². The van der Waals surface area contributed by atoms with Crippen LogP contribution in [-0.4, -0.2) is 25.0 Å². The van der Waals surface area contributed by atoms with Crippen LogP contribution in [0.1, 0.15) is 11.6 Å². The zero-order valence-electron chi connectivity index (χ0n) is 16.6. The number of hydrogen-bond donors (Lipinski definition) is 0. The van der Waals surface area contributed by atoms with E-state index >= 15 is 0 Å². The van der Waals surface area contributed by atoms with Crippen molar-refractivity contribution < 1.29 is 19.2 Å². The highest BCUT2D eigenvalue weighted by molar-refractivity contribution is 9.10. The first-order chi connectivity index (χ1) is 15.1. The van der Waals surface area contributed by atoms with Gasteiger partial charge in [-0.1, -0.05) is 46.3 Å². The molecular formula is C24H19BrN2O4. The van der Waals surface area contributed by atoms with Crippen molar-refractivity contribution >= 4 is 39.1 Å². The maximum Gasteiger partial charge on any atom is 0.266 e. The Balaban J connectivity index is 1.55. The normalized spacial score (nSPS) is 22.7. The number of hydroxylamine groups is 1. The SMILES string of the molecule is COc1ccc(N2OC3C(=O)N(c4ccc(Br)cc4)C(=O)C3C2c2ccccc2)cc1. The number of nitrogens with zero attached hydrogens (tertiary/aromatic N) is 2. The molecule has 2 fully saturated rings. The molecule has 2 aliphatic rings. The first-order valence-electron chi connectivity index (χ1n) is 9.87. The van der Waals surface area contributed by atoms with Gasteiger partial charge in [0, 0.05) is 4.47 Å². The lowest BCUT2D eigenvalue weighted by atomic mass is 9.90. The zero-order chi connectivity index (χ0) is 21.5. The van der Waals surface area contributed by atoms with Gasteiger partial charge < -0.3 is 4.74 Å². The number of methoxy groups -OCH3 is 1. The summed E-state index contributed by atoms with van der Waals surface area (Å²) in [6, 6.07) is 23.7. The van der Waals surface area contributed by atoms with Gasteiger partial charge in [-0.25, -0.2) is 9.96 Å². The van der Waals surface area contributed by atoms with Gasteiger partial charge in [0.25, 0.3) is 5.91 Å². The maximum atomic E-state index is 13.5. The molecule has 2 aliphatic heterocycles. The van der Waals surface area contributed by atoms with E-state index in [1.54, 1.807) is 24.3 Å². The van der Waals surface area contributed by atoms with Crippen LogP contribution in [0.2, 0.25) is 0 Å². The van der Waals surface area contributed by atoms with Gasteiger partial charge in [0.05, 0.1) is 24.5 Å². The van der Waals surface area contributed by atoms with Crippen LogP contribution < -0.4 is 14.7 Å². The Morgan fingerprint density at radius 2 is 1.48 bits per heavy atom. The van der Waals surface area contributed by atoms with Crippen LogP contribution in [0.15, 0.2) is 83.3 Å². The molecule has 0 aliphatic carbocycles. The topological polar surface area (TPSA) is 59.1 Å². The minimum atomic E-state index is -0.886. The third-order valence-electron chi connectivity index (χ3n) is 5.67. The van der Waals surface area contributed by atoms with Crippen LogP contribution in [0.5, 0.6) is 5.75 Å². The molecule has 0 bridgehead atoms. The Hall–Kier alpha value is -3.16. The molecule has 0 spiro atoms. The van der Waals surface area contributed by atoms with Gasteiger partial charge in [-0.15, -0.1) is 0 Å². The minimum absolute atomic E-state index is 0.262. The van der Waals surface area contributed by atoms with E-state index in [1.807, 2.05) is 66.7 Å². The predicted octanol–water partition coefficient (Wildman–Crippen LogP) is 4.51. The molecule has 31 heavy (non-hydrogen) atoms. The van der Waals surface area contributed by atoms with Crippen LogP contribution in [0.4, 0.5) is 11.4 Å². The van der Waals surface area contributed by atoms with E-state index in [0.29, 0.717) is 11.4 Å². The molecule has 0 saturated carbocycles. The van der Waals surface area contributed by atoms with E-state index in [4.69, 9.17) is 9.57 Å². The molecule has 3 aromatic carbocycles. The fraction of sp³-hybridized carbons (Fsp3) is 0.167. The Bertz CT molecular complexity index is 1120. The van der Waals surface area contributed by atoms with Crippen molar-refractivity contribution in [1.29, 1.82) is 0 Å². The second-order valence-corrected chi connectivity index (χ2v) is 8.34. The summed E-state index contributed by atoms with van der Waals surface area (Å²) in [4.78, 5) is 34.1. The number of carbonyl (C=O) groups is 2. The van der Waals surface area contributed by atoms with E-state index in [2.05, 4.69) is 15.9 Å². The summed E-state index contributed by atoms with van der Waals surface area (Å²) in [5.74, 6) is -0.551. The van der Waals surface area contributed by atoms with Gasteiger partial charge in [-0.05, 0) is 54.1 Å². The summed E-state index contributed by atoms with van der Waals surface area (Å²) >= 11 is 3.39. The summed E-state index contributed by atoms with van der Waals surface area (Å²) < 4.78 is 6.12. The Kier molecular flexibility index (Phi) is 5.00. The number of carbonyl (C=O) groups excluding carboxylic acids is 2. The van der Waals surface area contributed by atoms with Crippen molar-refractivity contribution in [2.45, 2.75) is 12.1 Å². The van der Waals surface area contributed by atoms with Crippen molar-refractivity contribution in [3.05, 3.63) is 88.9 Å². The first kappa shape index (κ1) is 19.8. The van der Waals surface area contributed by atoms with Crippen molar-refractivity contribution in [3.8, 4) is 5.75 Å². The van der Waals surface area contributed by atoms with E-state index < -0.39 is 18.1 Å². The molecule has 0 N–H and O–H groups in total. The lowest BCUT2D eigenvalue weighted by Gasteiger charge is -2.28. The summed E-state index contributed by atoms with van der Waals surface area (Å²) in [5, 5.41) is 1.68. The molecule has 156 valence electrons. The number of amides is 2. The molecule has 2 amide bonds. The Morgan fingerprint density at radius 1 is 0.839 bits per heavy atom. The Morgan fingerprint density at radius 3 is 2.13 bits per heavy atom. The fourth-order valence-corrected chi connectivity index (χ4v) is 4.47. The molecule has 3 unspecified atom stereocenters. The van der Waals surface area contributed by atoms with E-state index in [-0.39, 0.29) is 11.8 Å². The standard InChI is InChI=1S/C24H19BrN2O4/c1-30-19-13-11-18(12-14-19)27-21(15-5-3-2-4-6-15)20-22(31-27)24(29)26(23(20)28)17-9-7-16(25)8-10-17/h2-14,20-22H,1H3. The highest BCUT2D eigenvalue weighted by atomic mass is 79.9. The maximum absolute atomic E-state index is 13.5.